The predicted molar refractivity (Wildman–Crippen MR) is 55.9 cm³/mol. The first-order valence-corrected chi connectivity index (χ1v) is 4.99. The zero-order valence-electron chi connectivity index (χ0n) is 7.66. The largest absolute Gasteiger partial charge is 0.246 e. The van der Waals surface area contributed by atoms with Gasteiger partial charge >= 0.3 is 0 Å². The molecule has 1 aromatic carbocycles. The van der Waals surface area contributed by atoms with Gasteiger partial charge in [-0.3, -0.25) is 0 Å². The average Bonchev–Trinajstić information content (AvgIpc) is 2.47. The monoisotopic (exact) mass is 188 g/mol. The lowest BCUT2D eigenvalue weighted by atomic mass is 10.2. The summed E-state index contributed by atoms with van der Waals surface area (Å²) in [5.41, 5.74) is 2.33. The topological polar surface area (TPSA) is 12.9 Å². The van der Waals surface area contributed by atoms with E-state index in [2.05, 4.69) is 17.1 Å². The molecule has 0 unspecified atom stereocenters. The van der Waals surface area contributed by atoms with E-state index in [-0.39, 0.29) is 0 Å². The average molecular weight is 188 g/mol. The highest BCUT2D eigenvalue weighted by Gasteiger charge is 2.05. The molecule has 1 heterocycles. The van der Waals surface area contributed by atoms with Crippen LogP contribution in [0, 0.1) is 19.9 Å². The van der Waals surface area contributed by atoms with E-state index >= 15 is 0 Å². The molecule has 1 nitrogen and oxygen atoms in total. The van der Waals surface area contributed by atoms with E-state index in [0.717, 1.165) is 10.7 Å². The molecule has 1 radical (unpaired) electrons. The Kier molecular flexibility index (Phi) is 2.15. The van der Waals surface area contributed by atoms with Gasteiger partial charge in [0.25, 0.3) is 0 Å². The van der Waals surface area contributed by atoms with E-state index in [4.69, 9.17) is 0 Å². The van der Waals surface area contributed by atoms with E-state index in [1.807, 2.05) is 32.0 Å². The fourth-order valence-electron chi connectivity index (χ4n) is 1.33. The number of aryl methyl sites for hydroxylation is 2. The number of aromatic nitrogens is 1. The third kappa shape index (κ3) is 1.63. The van der Waals surface area contributed by atoms with E-state index in [1.165, 1.54) is 10.4 Å². The lowest BCUT2D eigenvalue weighted by Crippen LogP contribution is -1.76. The molecular weight excluding hydrogens is 178 g/mol. The van der Waals surface area contributed by atoms with Gasteiger partial charge in [-0.2, -0.15) is 0 Å². The molecule has 0 atom stereocenters. The van der Waals surface area contributed by atoms with Gasteiger partial charge in [-0.25, -0.2) is 4.98 Å². The van der Waals surface area contributed by atoms with Gasteiger partial charge in [0.15, 0.2) is 0 Å². The van der Waals surface area contributed by atoms with Gasteiger partial charge in [-0.05, 0) is 31.5 Å². The molecule has 1 aromatic heterocycles. The number of thiazole rings is 1. The van der Waals surface area contributed by atoms with E-state index in [1.54, 1.807) is 11.3 Å². The molecule has 0 fully saturated rings. The van der Waals surface area contributed by atoms with Crippen molar-refractivity contribution in [3.63, 3.8) is 0 Å². The van der Waals surface area contributed by atoms with Crippen LogP contribution in [0.1, 0.15) is 10.7 Å². The molecule has 0 N–H and O–H groups in total. The van der Waals surface area contributed by atoms with Gasteiger partial charge in [0, 0.05) is 0 Å². The van der Waals surface area contributed by atoms with Gasteiger partial charge in [0.1, 0.15) is 0 Å². The molecule has 0 amide bonds. The molecule has 2 heteroatoms. The molecular formula is C11H10NS. The van der Waals surface area contributed by atoms with Gasteiger partial charge in [0.2, 0.25) is 0 Å². The van der Waals surface area contributed by atoms with Crippen LogP contribution in [0.25, 0.3) is 10.4 Å². The quantitative estimate of drug-likeness (QED) is 0.669. The van der Waals surface area contributed by atoms with E-state index in [0.29, 0.717) is 0 Å². The molecule has 0 saturated carbocycles. The van der Waals surface area contributed by atoms with Crippen molar-refractivity contribution >= 4 is 11.3 Å². The van der Waals surface area contributed by atoms with Crippen LogP contribution in [0.2, 0.25) is 0 Å². The van der Waals surface area contributed by atoms with E-state index < -0.39 is 0 Å². The fraction of sp³-hybridized carbons (Fsp3) is 0.182. The van der Waals surface area contributed by atoms with Crippen molar-refractivity contribution in [2.75, 3.05) is 0 Å². The van der Waals surface area contributed by atoms with Crippen molar-refractivity contribution in [3.8, 4) is 10.4 Å². The predicted octanol–water partition coefficient (Wildman–Crippen LogP) is 3.23. The first-order valence-electron chi connectivity index (χ1n) is 4.18. The van der Waals surface area contributed by atoms with Crippen LogP contribution in [-0.2, 0) is 0 Å². The molecule has 0 saturated heterocycles. The maximum Gasteiger partial charge on any atom is 0.0903 e. The van der Waals surface area contributed by atoms with Crippen molar-refractivity contribution in [2.24, 2.45) is 0 Å². The fourth-order valence-corrected chi connectivity index (χ4v) is 2.25. The Morgan fingerprint density at radius 1 is 1.38 bits per heavy atom. The zero-order valence-corrected chi connectivity index (χ0v) is 8.48. The Morgan fingerprint density at radius 3 is 2.77 bits per heavy atom. The summed E-state index contributed by atoms with van der Waals surface area (Å²) in [5, 5.41) is 1.12. The second kappa shape index (κ2) is 3.30. The van der Waals surface area contributed by atoms with Crippen LogP contribution in [0.5, 0.6) is 0 Å². The van der Waals surface area contributed by atoms with Gasteiger partial charge in [0.05, 0.1) is 15.6 Å². The Balaban J connectivity index is 2.53. The smallest absolute Gasteiger partial charge is 0.0903 e. The molecule has 2 rings (SSSR count). The SMILES string of the molecule is Cc1nc(C)c(-c2c[c]ccc2)s1. The van der Waals surface area contributed by atoms with Gasteiger partial charge in [-0.1, -0.05) is 18.2 Å². The summed E-state index contributed by atoms with van der Waals surface area (Å²) < 4.78 is 0. The van der Waals surface area contributed by atoms with Crippen molar-refractivity contribution in [3.05, 3.63) is 41.0 Å². The van der Waals surface area contributed by atoms with Crippen molar-refractivity contribution in [1.29, 1.82) is 0 Å². The minimum atomic E-state index is 1.11. The van der Waals surface area contributed by atoms with Crippen LogP contribution in [0.3, 0.4) is 0 Å². The van der Waals surface area contributed by atoms with Crippen LogP contribution < -0.4 is 0 Å². The summed E-state index contributed by atoms with van der Waals surface area (Å²) >= 11 is 1.74. The summed E-state index contributed by atoms with van der Waals surface area (Å²) in [6.45, 7) is 4.08. The van der Waals surface area contributed by atoms with Crippen molar-refractivity contribution in [2.45, 2.75) is 13.8 Å². The second-order valence-corrected chi connectivity index (χ2v) is 4.14. The van der Waals surface area contributed by atoms with Gasteiger partial charge in [-0.15, -0.1) is 11.3 Å². The highest BCUT2D eigenvalue weighted by molar-refractivity contribution is 7.15. The maximum atomic E-state index is 4.39. The van der Waals surface area contributed by atoms with Crippen LogP contribution >= 0.6 is 11.3 Å². The number of rotatable bonds is 1. The molecule has 13 heavy (non-hydrogen) atoms. The highest BCUT2D eigenvalue weighted by Crippen LogP contribution is 2.28. The van der Waals surface area contributed by atoms with Crippen molar-refractivity contribution < 1.29 is 0 Å². The maximum absolute atomic E-state index is 4.39. The van der Waals surface area contributed by atoms with Crippen LogP contribution in [0.15, 0.2) is 24.3 Å². The zero-order chi connectivity index (χ0) is 9.26. The number of hydrogen-bond donors (Lipinski definition) is 0. The van der Waals surface area contributed by atoms with Crippen molar-refractivity contribution in [1.82, 2.24) is 4.98 Å². The number of hydrogen-bond acceptors (Lipinski definition) is 2. The third-order valence-electron chi connectivity index (χ3n) is 1.87. The van der Waals surface area contributed by atoms with E-state index in [9.17, 15) is 0 Å². The Hall–Kier alpha value is -1.15. The molecule has 0 bridgehead atoms. The minimum Gasteiger partial charge on any atom is -0.246 e. The third-order valence-corrected chi connectivity index (χ3v) is 2.99. The Bertz CT molecular complexity index is 403. The molecule has 0 aliphatic heterocycles. The molecule has 2 aromatic rings. The second-order valence-electron chi connectivity index (χ2n) is 2.94. The molecule has 65 valence electrons. The summed E-state index contributed by atoms with van der Waals surface area (Å²) in [4.78, 5) is 5.65. The lowest BCUT2D eigenvalue weighted by molar-refractivity contribution is 1.20. The first-order chi connectivity index (χ1) is 6.27. The highest BCUT2D eigenvalue weighted by atomic mass is 32.1. The summed E-state index contributed by atoms with van der Waals surface area (Å²) in [7, 11) is 0. The number of nitrogens with zero attached hydrogens (tertiary/aromatic N) is 1. The Morgan fingerprint density at radius 2 is 2.23 bits per heavy atom. The minimum absolute atomic E-state index is 1.11. The molecule has 0 spiro atoms. The van der Waals surface area contributed by atoms with Crippen LogP contribution in [-0.4, -0.2) is 4.98 Å². The van der Waals surface area contributed by atoms with Gasteiger partial charge < -0.3 is 0 Å². The molecule has 0 aliphatic carbocycles. The Labute approximate surface area is 82.1 Å². The number of benzene rings is 1. The first kappa shape index (κ1) is 8.45. The summed E-state index contributed by atoms with van der Waals surface area (Å²) in [5.74, 6) is 0. The molecule has 0 aliphatic rings. The summed E-state index contributed by atoms with van der Waals surface area (Å²) in [6.07, 6.45) is 0. The standard InChI is InChI=1S/C11H10NS/c1-8-11(13-9(2)12-8)10-6-4-3-5-7-10/h3-4,6-7H,1-2H3. The van der Waals surface area contributed by atoms with Crippen LogP contribution in [0.4, 0.5) is 0 Å². The normalized spacial score (nSPS) is 10.3. The lowest BCUT2D eigenvalue weighted by Gasteiger charge is -1.95. The summed E-state index contributed by atoms with van der Waals surface area (Å²) in [6, 6.07) is 11.1.